The van der Waals surface area contributed by atoms with Gasteiger partial charge in [0, 0.05) is 31.7 Å². The minimum atomic E-state index is -0.229. The third-order valence-corrected chi connectivity index (χ3v) is 4.93. The molecule has 122 valence electrons. The van der Waals surface area contributed by atoms with Crippen molar-refractivity contribution in [2.45, 2.75) is 19.4 Å². The first kappa shape index (κ1) is 14.9. The molecular formula is C20H20N2O2. The molecule has 1 unspecified atom stereocenters. The van der Waals surface area contributed by atoms with Crippen LogP contribution in [0, 0.1) is 5.92 Å². The largest absolute Gasteiger partial charge is 0.338 e. The number of anilines is 1. The van der Waals surface area contributed by atoms with Crippen molar-refractivity contribution >= 4 is 17.5 Å². The van der Waals surface area contributed by atoms with Crippen LogP contribution in [0.2, 0.25) is 0 Å². The van der Waals surface area contributed by atoms with Gasteiger partial charge in [0.2, 0.25) is 11.8 Å². The summed E-state index contributed by atoms with van der Waals surface area (Å²) in [6.07, 6.45) is 1.22. The van der Waals surface area contributed by atoms with E-state index in [0.717, 1.165) is 24.2 Å². The van der Waals surface area contributed by atoms with Gasteiger partial charge in [-0.1, -0.05) is 48.5 Å². The molecule has 4 heteroatoms. The molecule has 0 bridgehead atoms. The fourth-order valence-electron chi connectivity index (χ4n) is 3.68. The molecule has 4 rings (SSSR count). The van der Waals surface area contributed by atoms with Crippen LogP contribution in [-0.4, -0.2) is 29.8 Å². The van der Waals surface area contributed by atoms with Crippen molar-refractivity contribution in [3.8, 4) is 0 Å². The molecule has 0 radical (unpaired) electrons. The van der Waals surface area contributed by atoms with Gasteiger partial charge in [0.1, 0.15) is 0 Å². The number of hydrogen-bond donors (Lipinski definition) is 0. The molecular weight excluding hydrogens is 300 g/mol. The van der Waals surface area contributed by atoms with Crippen LogP contribution in [0.25, 0.3) is 0 Å². The highest BCUT2D eigenvalue weighted by atomic mass is 16.2. The summed E-state index contributed by atoms with van der Waals surface area (Å²) in [5.74, 6) is -0.0686. The highest BCUT2D eigenvalue weighted by Gasteiger charge is 2.38. The first-order valence-corrected chi connectivity index (χ1v) is 8.43. The van der Waals surface area contributed by atoms with Gasteiger partial charge >= 0.3 is 0 Å². The third kappa shape index (κ3) is 2.68. The normalized spacial score (nSPS) is 19.7. The second-order valence-electron chi connectivity index (χ2n) is 6.53. The lowest BCUT2D eigenvalue weighted by atomic mass is 10.1. The van der Waals surface area contributed by atoms with Crippen molar-refractivity contribution in [1.29, 1.82) is 0 Å². The summed E-state index contributed by atoms with van der Waals surface area (Å²) < 4.78 is 0. The number of likely N-dealkylation sites (tertiary alicyclic amines) is 1. The van der Waals surface area contributed by atoms with Gasteiger partial charge in [-0.05, 0) is 23.6 Å². The van der Waals surface area contributed by atoms with Crippen LogP contribution in [-0.2, 0) is 22.6 Å². The standard InChI is InChI=1S/C20H20N2O2/c23-19-12-17(14-21(19)13-15-6-2-1-3-7-15)20(24)22-11-10-16-8-4-5-9-18(16)22/h1-9,17H,10-14H2. The molecule has 1 fully saturated rings. The predicted octanol–water partition coefficient (Wildman–Crippen LogP) is 2.62. The molecule has 0 saturated carbocycles. The Morgan fingerprint density at radius 3 is 2.62 bits per heavy atom. The molecule has 2 amide bonds. The number of hydrogen-bond acceptors (Lipinski definition) is 2. The van der Waals surface area contributed by atoms with Crippen molar-refractivity contribution in [1.82, 2.24) is 4.90 Å². The Balaban J connectivity index is 1.46. The molecule has 4 nitrogen and oxygen atoms in total. The molecule has 1 saturated heterocycles. The average molecular weight is 320 g/mol. The van der Waals surface area contributed by atoms with Gasteiger partial charge in [0.25, 0.3) is 0 Å². The van der Waals surface area contributed by atoms with E-state index in [1.54, 1.807) is 4.90 Å². The van der Waals surface area contributed by atoms with E-state index < -0.39 is 0 Å². The first-order valence-electron chi connectivity index (χ1n) is 8.43. The van der Waals surface area contributed by atoms with Crippen LogP contribution in [0.5, 0.6) is 0 Å². The Hall–Kier alpha value is -2.62. The summed E-state index contributed by atoms with van der Waals surface area (Å²) in [7, 11) is 0. The van der Waals surface area contributed by atoms with Crippen molar-refractivity contribution in [3.05, 3.63) is 65.7 Å². The van der Waals surface area contributed by atoms with Crippen LogP contribution in [0.3, 0.4) is 0 Å². The molecule has 2 aliphatic rings. The minimum absolute atomic E-state index is 0.0738. The zero-order valence-electron chi connectivity index (χ0n) is 13.5. The molecule has 0 N–H and O–H groups in total. The molecule has 2 aromatic rings. The molecule has 1 atom stereocenters. The summed E-state index contributed by atoms with van der Waals surface area (Å²) in [5.41, 5.74) is 3.33. The van der Waals surface area contributed by atoms with E-state index in [1.165, 1.54) is 5.56 Å². The maximum atomic E-state index is 12.9. The second-order valence-corrected chi connectivity index (χ2v) is 6.53. The molecule has 2 aromatic carbocycles. The number of carbonyl (C=O) groups excluding carboxylic acids is 2. The van der Waals surface area contributed by atoms with E-state index >= 15 is 0 Å². The number of rotatable bonds is 3. The number of carbonyl (C=O) groups is 2. The summed E-state index contributed by atoms with van der Waals surface area (Å²) in [6, 6.07) is 18.0. The number of benzene rings is 2. The first-order chi connectivity index (χ1) is 11.7. The molecule has 24 heavy (non-hydrogen) atoms. The highest BCUT2D eigenvalue weighted by molar-refractivity contribution is 6.00. The van der Waals surface area contributed by atoms with E-state index in [2.05, 4.69) is 6.07 Å². The Kier molecular flexibility index (Phi) is 3.81. The van der Waals surface area contributed by atoms with E-state index in [0.29, 0.717) is 19.5 Å². The summed E-state index contributed by atoms with van der Waals surface area (Å²) in [6.45, 7) is 1.83. The fourth-order valence-corrected chi connectivity index (χ4v) is 3.68. The van der Waals surface area contributed by atoms with Crippen LogP contribution in [0.4, 0.5) is 5.69 Å². The van der Waals surface area contributed by atoms with E-state index in [9.17, 15) is 9.59 Å². The van der Waals surface area contributed by atoms with Crippen LogP contribution >= 0.6 is 0 Å². The lowest BCUT2D eigenvalue weighted by Crippen LogP contribution is -2.36. The minimum Gasteiger partial charge on any atom is -0.338 e. The summed E-state index contributed by atoms with van der Waals surface area (Å²) >= 11 is 0. The van der Waals surface area contributed by atoms with Gasteiger partial charge in [0.05, 0.1) is 5.92 Å². The van der Waals surface area contributed by atoms with Gasteiger partial charge in [-0.3, -0.25) is 9.59 Å². The van der Waals surface area contributed by atoms with Crippen LogP contribution in [0.15, 0.2) is 54.6 Å². The fraction of sp³-hybridized carbons (Fsp3) is 0.300. The van der Waals surface area contributed by atoms with Crippen molar-refractivity contribution in [2.24, 2.45) is 5.92 Å². The average Bonchev–Trinajstić information content (AvgIpc) is 3.19. The number of fused-ring (bicyclic) bond motifs is 1. The number of para-hydroxylation sites is 1. The maximum absolute atomic E-state index is 12.9. The molecule has 2 heterocycles. The zero-order valence-corrected chi connectivity index (χ0v) is 13.5. The van der Waals surface area contributed by atoms with E-state index in [4.69, 9.17) is 0 Å². The Morgan fingerprint density at radius 1 is 1.04 bits per heavy atom. The second kappa shape index (κ2) is 6.11. The number of nitrogens with zero attached hydrogens (tertiary/aromatic N) is 2. The summed E-state index contributed by atoms with van der Waals surface area (Å²) in [5, 5.41) is 0. The lowest BCUT2D eigenvalue weighted by Gasteiger charge is -2.21. The van der Waals surface area contributed by atoms with Crippen molar-refractivity contribution < 1.29 is 9.59 Å². The smallest absolute Gasteiger partial charge is 0.232 e. The molecule has 0 aromatic heterocycles. The SMILES string of the molecule is O=C1CC(C(=O)N2CCc3ccccc32)CN1Cc1ccccc1. The zero-order chi connectivity index (χ0) is 16.5. The molecule has 2 aliphatic heterocycles. The van der Waals surface area contributed by atoms with Crippen LogP contribution < -0.4 is 4.90 Å². The van der Waals surface area contributed by atoms with Gasteiger partial charge in [-0.2, -0.15) is 0 Å². The topological polar surface area (TPSA) is 40.6 Å². The van der Waals surface area contributed by atoms with Crippen molar-refractivity contribution in [3.63, 3.8) is 0 Å². The van der Waals surface area contributed by atoms with Crippen molar-refractivity contribution in [2.75, 3.05) is 18.0 Å². The van der Waals surface area contributed by atoms with Gasteiger partial charge in [0.15, 0.2) is 0 Å². The molecule has 0 spiro atoms. The quantitative estimate of drug-likeness (QED) is 0.872. The predicted molar refractivity (Wildman–Crippen MR) is 92.5 cm³/mol. The van der Waals surface area contributed by atoms with Crippen LogP contribution in [0.1, 0.15) is 17.5 Å². The summed E-state index contributed by atoms with van der Waals surface area (Å²) in [4.78, 5) is 28.9. The molecule has 0 aliphatic carbocycles. The van der Waals surface area contributed by atoms with E-state index in [-0.39, 0.29) is 17.7 Å². The maximum Gasteiger partial charge on any atom is 0.232 e. The Morgan fingerprint density at radius 2 is 1.79 bits per heavy atom. The van der Waals surface area contributed by atoms with E-state index in [1.807, 2.05) is 53.4 Å². The Bertz CT molecular complexity index is 772. The highest BCUT2D eigenvalue weighted by Crippen LogP contribution is 2.31. The monoisotopic (exact) mass is 320 g/mol. The Labute approximate surface area is 141 Å². The lowest BCUT2D eigenvalue weighted by molar-refractivity contribution is -0.128. The van der Waals surface area contributed by atoms with Gasteiger partial charge in [-0.15, -0.1) is 0 Å². The number of amides is 2. The third-order valence-electron chi connectivity index (χ3n) is 4.93. The van der Waals surface area contributed by atoms with Gasteiger partial charge < -0.3 is 9.80 Å². The van der Waals surface area contributed by atoms with Gasteiger partial charge in [-0.25, -0.2) is 0 Å².